The van der Waals surface area contributed by atoms with Gasteiger partial charge in [-0.05, 0) is 33.6 Å². The molecule has 0 aliphatic carbocycles. The van der Waals surface area contributed by atoms with E-state index in [4.69, 9.17) is 4.52 Å². The van der Waals surface area contributed by atoms with Crippen LogP contribution < -0.4 is 0 Å². The number of H-pyrrole nitrogens is 1. The van der Waals surface area contributed by atoms with Crippen molar-refractivity contribution < 1.29 is 9.32 Å². The van der Waals surface area contributed by atoms with Gasteiger partial charge >= 0.3 is 0 Å². The van der Waals surface area contributed by atoms with Crippen molar-refractivity contribution in [1.82, 2.24) is 25.2 Å². The Morgan fingerprint density at radius 2 is 2.23 bits per heavy atom. The Morgan fingerprint density at radius 1 is 1.38 bits per heavy atom. The first-order valence-electron chi connectivity index (χ1n) is 8.73. The molecule has 1 fully saturated rings. The minimum absolute atomic E-state index is 0.0781. The zero-order chi connectivity index (χ0) is 18.3. The molecule has 1 aliphatic rings. The monoisotopic (exact) mass is 371 g/mol. The van der Waals surface area contributed by atoms with Crippen LogP contribution in [0.4, 0.5) is 0 Å². The lowest BCUT2D eigenvalue weighted by atomic mass is 9.92. The van der Waals surface area contributed by atoms with Gasteiger partial charge in [0.2, 0.25) is 0 Å². The van der Waals surface area contributed by atoms with Gasteiger partial charge in [-0.2, -0.15) is 5.10 Å². The fraction of sp³-hybridized carbons (Fsp3) is 0.444. The molecule has 1 N–H and O–H groups in total. The third-order valence-corrected chi connectivity index (χ3v) is 5.84. The number of aryl methyl sites for hydroxylation is 3. The van der Waals surface area contributed by atoms with Crippen molar-refractivity contribution in [3.05, 3.63) is 39.2 Å². The van der Waals surface area contributed by atoms with Crippen molar-refractivity contribution >= 4 is 17.2 Å². The average molecular weight is 371 g/mol. The summed E-state index contributed by atoms with van der Waals surface area (Å²) in [7, 11) is 0. The standard InChI is InChI=1S/C18H21N5O2S/c1-10-7-15(25-22-10)14-8-19-21-16(14)13-5-4-6-23(9-13)18(24)17-11(2)20-12(3)26-17/h7-8,13H,4-6,9H2,1-3H3,(H,19,21). The lowest BCUT2D eigenvalue weighted by molar-refractivity contribution is 0.0710. The van der Waals surface area contributed by atoms with Crippen LogP contribution in [0.25, 0.3) is 11.3 Å². The van der Waals surface area contributed by atoms with E-state index in [2.05, 4.69) is 20.3 Å². The highest BCUT2D eigenvalue weighted by Crippen LogP contribution is 2.34. The van der Waals surface area contributed by atoms with Crippen molar-refractivity contribution in [3.63, 3.8) is 0 Å². The Bertz CT molecular complexity index is 941. The van der Waals surface area contributed by atoms with Crippen LogP contribution in [-0.2, 0) is 0 Å². The zero-order valence-corrected chi connectivity index (χ0v) is 15.9. The highest BCUT2D eigenvalue weighted by atomic mass is 32.1. The molecule has 8 heteroatoms. The normalized spacial score (nSPS) is 17.7. The summed E-state index contributed by atoms with van der Waals surface area (Å²) >= 11 is 1.47. The Balaban J connectivity index is 1.57. The second-order valence-electron chi connectivity index (χ2n) is 6.77. The molecule has 0 saturated carbocycles. The number of carbonyl (C=O) groups excluding carboxylic acids is 1. The molecule has 1 amide bonds. The van der Waals surface area contributed by atoms with Crippen molar-refractivity contribution in [2.75, 3.05) is 13.1 Å². The van der Waals surface area contributed by atoms with Gasteiger partial charge in [-0.3, -0.25) is 9.89 Å². The van der Waals surface area contributed by atoms with Crippen LogP contribution in [0.15, 0.2) is 16.8 Å². The summed E-state index contributed by atoms with van der Waals surface area (Å²) < 4.78 is 5.41. The molecule has 1 aliphatic heterocycles. The first kappa shape index (κ1) is 17.0. The van der Waals surface area contributed by atoms with Gasteiger partial charge in [-0.15, -0.1) is 11.3 Å². The Hall–Kier alpha value is -2.48. The van der Waals surface area contributed by atoms with Gasteiger partial charge in [0.25, 0.3) is 5.91 Å². The summed E-state index contributed by atoms with van der Waals surface area (Å²) in [6.45, 7) is 7.17. The number of amides is 1. The number of hydrogen-bond acceptors (Lipinski definition) is 6. The second kappa shape index (κ2) is 6.68. The lowest BCUT2D eigenvalue weighted by Crippen LogP contribution is -2.39. The minimum atomic E-state index is 0.0781. The summed E-state index contributed by atoms with van der Waals surface area (Å²) in [6, 6.07) is 1.91. The number of hydrogen-bond donors (Lipinski definition) is 1. The van der Waals surface area contributed by atoms with Crippen LogP contribution in [0, 0.1) is 20.8 Å². The molecule has 136 valence electrons. The first-order chi connectivity index (χ1) is 12.5. The minimum Gasteiger partial charge on any atom is -0.356 e. The van der Waals surface area contributed by atoms with Gasteiger partial charge in [-0.1, -0.05) is 5.16 Å². The SMILES string of the molecule is Cc1cc(-c2cn[nH]c2C2CCCN(C(=O)c3sc(C)nc3C)C2)on1. The van der Waals surface area contributed by atoms with Crippen LogP contribution in [0.2, 0.25) is 0 Å². The van der Waals surface area contributed by atoms with E-state index in [-0.39, 0.29) is 11.8 Å². The zero-order valence-electron chi connectivity index (χ0n) is 15.1. The van der Waals surface area contributed by atoms with Gasteiger partial charge in [0.15, 0.2) is 5.76 Å². The highest BCUT2D eigenvalue weighted by Gasteiger charge is 2.30. The molecular formula is C18H21N5O2S. The Morgan fingerprint density at radius 3 is 2.92 bits per heavy atom. The van der Waals surface area contributed by atoms with Crippen LogP contribution in [0.1, 0.15) is 50.5 Å². The van der Waals surface area contributed by atoms with E-state index in [1.165, 1.54) is 11.3 Å². The van der Waals surface area contributed by atoms with E-state index >= 15 is 0 Å². The van der Waals surface area contributed by atoms with Gasteiger partial charge in [0.1, 0.15) is 4.88 Å². The summed E-state index contributed by atoms with van der Waals surface area (Å²) in [5.74, 6) is 0.989. The number of rotatable bonds is 3. The van der Waals surface area contributed by atoms with E-state index < -0.39 is 0 Å². The van der Waals surface area contributed by atoms with E-state index in [0.717, 1.165) is 51.9 Å². The maximum atomic E-state index is 12.9. The van der Waals surface area contributed by atoms with E-state index in [9.17, 15) is 4.79 Å². The van der Waals surface area contributed by atoms with Crippen LogP contribution in [0.5, 0.6) is 0 Å². The number of aromatic amines is 1. The van der Waals surface area contributed by atoms with Crippen molar-refractivity contribution in [1.29, 1.82) is 0 Å². The van der Waals surface area contributed by atoms with E-state index in [1.54, 1.807) is 6.20 Å². The molecule has 1 atom stereocenters. The third-order valence-electron chi connectivity index (χ3n) is 4.78. The van der Waals surface area contributed by atoms with Crippen LogP contribution in [-0.4, -0.2) is 44.2 Å². The summed E-state index contributed by atoms with van der Waals surface area (Å²) in [5.41, 5.74) is 3.59. The Kier molecular flexibility index (Phi) is 4.36. The molecule has 7 nitrogen and oxygen atoms in total. The lowest BCUT2D eigenvalue weighted by Gasteiger charge is -2.32. The smallest absolute Gasteiger partial charge is 0.265 e. The highest BCUT2D eigenvalue weighted by molar-refractivity contribution is 7.13. The first-order valence-corrected chi connectivity index (χ1v) is 9.55. The van der Waals surface area contributed by atoms with Crippen LogP contribution >= 0.6 is 11.3 Å². The molecule has 3 aromatic rings. The summed E-state index contributed by atoms with van der Waals surface area (Å²) in [5, 5.41) is 12.2. The number of carbonyl (C=O) groups is 1. The maximum Gasteiger partial charge on any atom is 0.265 e. The second-order valence-corrected chi connectivity index (χ2v) is 7.97. The number of thiazole rings is 1. The number of nitrogens with zero attached hydrogens (tertiary/aromatic N) is 4. The number of piperidine rings is 1. The average Bonchev–Trinajstić information content (AvgIpc) is 3.34. The van der Waals surface area contributed by atoms with E-state index in [0.29, 0.717) is 12.3 Å². The Labute approximate surface area is 155 Å². The van der Waals surface area contributed by atoms with Gasteiger partial charge in [0, 0.05) is 25.1 Å². The van der Waals surface area contributed by atoms with Crippen molar-refractivity contribution in [2.45, 2.75) is 39.5 Å². The topological polar surface area (TPSA) is 87.9 Å². The molecule has 0 bridgehead atoms. The molecule has 3 aromatic heterocycles. The van der Waals surface area contributed by atoms with Crippen molar-refractivity contribution in [3.8, 4) is 11.3 Å². The molecule has 1 saturated heterocycles. The van der Waals surface area contributed by atoms with Crippen LogP contribution in [0.3, 0.4) is 0 Å². The number of likely N-dealkylation sites (tertiary alicyclic amines) is 1. The molecule has 0 radical (unpaired) electrons. The summed E-state index contributed by atoms with van der Waals surface area (Å²) in [6.07, 6.45) is 3.74. The molecule has 26 heavy (non-hydrogen) atoms. The maximum absolute atomic E-state index is 12.9. The third kappa shape index (κ3) is 3.05. The number of aromatic nitrogens is 4. The molecule has 1 unspecified atom stereocenters. The number of nitrogens with one attached hydrogen (secondary N) is 1. The molecule has 4 rings (SSSR count). The quantitative estimate of drug-likeness (QED) is 0.762. The summed E-state index contributed by atoms with van der Waals surface area (Å²) in [4.78, 5) is 20.0. The van der Waals surface area contributed by atoms with Crippen molar-refractivity contribution in [2.24, 2.45) is 0 Å². The molecule has 0 aromatic carbocycles. The van der Waals surface area contributed by atoms with E-state index in [1.807, 2.05) is 31.7 Å². The largest absolute Gasteiger partial charge is 0.356 e. The predicted molar refractivity (Wildman–Crippen MR) is 98.3 cm³/mol. The molecular weight excluding hydrogens is 350 g/mol. The fourth-order valence-electron chi connectivity index (χ4n) is 3.56. The molecule has 0 spiro atoms. The fourth-order valence-corrected chi connectivity index (χ4v) is 4.45. The van der Waals surface area contributed by atoms with Gasteiger partial charge in [-0.25, -0.2) is 4.98 Å². The molecule has 4 heterocycles. The van der Waals surface area contributed by atoms with Gasteiger partial charge < -0.3 is 9.42 Å². The van der Waals surface area contributed by atoms with Gasteiger partial charge in [0.05, 0.1) is 33.8 Å². The predicted octanol–water partition coefficient (Wildman–Crippen LogP) is 3.47.